The van der Waals surface area contributed by atoms with E-state index < -0.39 is 0 Å². The molecule has 1 aliphatic rings. The van der Waals surface area contributed by atoms with Crippen LogP contribution in [-0.2, 0) is 4.79 Å². The van der Waals surface area contributed by atoms with E-state index in [4.69, 9.17) is 16.6 Å². The molecule has 1 aliphatic heterocycles. The van der Waals surface area contributed by atoms with Crippen LogP contribution in [0, 0.1) is 0 Å². The van der Waals surface area contributed by atoms with Crippen LogP contribution >= 0.6 is 11.6 Å². The zero-order chi connectivity index (χ0) is 26.5. The van der Waals surface area contributed by atoms with Crippen LogP contribution in [0.3, 0.4) is 0 Å². The van der Waals surface area contributed by atoms with Crippen LogP contribution in [0.15, 0.2) is 79.5 Å². The summed E-state index contributed by atoms with van der Waals surface area (Å²) in [4.78, 5) is 25.4. The van der Waals surface area contributed by atoms with Gasteiger partial charge in [0.05, 0.1) is 16.2 Å². The van der Waals surface area contributed by atoms with Crippen LogP contribution in [0.2, 0.25) is 5.02 Å². The lowest BCUT2D eigenvalue weighted by atomic mass is 10.0. The van der Waals surface area contributed by atoms with Crippen molar-refractivity contribution in [3.8, 4) is 11.1 Å². The maximum absolute atomic E-state index is 12.6. The van der Waals surface area contributed by atoms with Gasteiger partial charge in [-0.2, -0.15) is 0 Å². The Balaban J connectivity index is 1.37. The van der Waals surface area contributed by atoms with Gasteiger partial charge in [0.1, 0.15) is 6.67 Å². The van der Waals surface area contributed by atoms with Gasteiger partial charge in [-0.25, -0.2) is 14.4 Å². The predicted molar refractivity (Wildman–Crippen MR) is 153 cm³/mol. The van der Waals surface area contributed by atoms with E-state index in [1.54, 1.807) is 6.20 Å². The predicted octanol–water partition coefficient (Wildman–Crippen LogP) is 5.91. The average Bonchev–Trinajstić information content (AvgIpc) is 2.94. The average molecular weight is 531 g/mol. The first-order valence-electron chi connectivity index (χ1n) is 12.4. The Morgan fingerprint density at radius 1 is 1.08 bits per heavy atom. The Bertz CT molecular complexity index is 1470. The molecule has 194 valence electrons. The van der Waals surface area contributed by atoms with E-state index in [2.05, 4.69) is 32.0 Å². The van der Waals surface area contributed by atoms with Gasteiger partial charge in [-0.05, 0) is 42.0 Å². The Morgan fingerprint density at radius 2 is 1.89 bits per heavy atom. The van der Waals surface area contributed by atoms with E-state index in [0.29, 0.717) is 28.9 Å². The van der Waals surface area contributed by atoms with Crippen molar-refractivity contribution in [3.63, 3.8) is 0 Å². The van der Waals surface area contributed by atoms with Crippen molar-refractivity contribution in [1.82, 2.24) is 14.9 Å². The number of halogens is 2. The van der Waals surface area contributed by atoms with Crippen molar-refractivity contribution in [2.24, 2.45) is 0 Å². The molecule has 5 rings (SSSR count). The number of aromatic nitrogens is 2. The number of para-hydroxylation sites is 1. The number of hydrogen-bond acceptors (Lipinski definition) is 6. The van der Waals surface area contributed by atoms with Gasteiger partial charge in [-0.1, -0.05) is 48.5 Å². The van der Waals surface area contributed by atoms with Gasteiger partial charge in [0, 0.05) is 61.2 Å². The fraction of sp³-hybridized carbons (Fsp3) is 0.207. The first kappa shape index (κ1) is 25.6. The highest BCUT2D eigenvalue weighted by molar-refractivity contribution is 6.33. The molecular formula is C29H28ClFN6O. The third-order valence-electron chi connectivity index (χ3n) is 6.57. The summed E-state index contributed by atoms with van der Waals surface area (Å²) in [7, 11) is 0. The molecule has 9 heteroatoms. The van der Waals surface area contributed by atoms with E-state index in [0.717, 1.165) is 53.9 Å². The number of fused-ring (bicyclic) bond motifs is 1. The van der Waals surface area contributed by atoms with Crippen LogP contribution in [-0.4, -0.2) is 60.2 Å². The molecule has 0 aliphatic carbocycles. The smallest absolute Gasteiger partial charge is 0.247 e. The molecule has 0 spiro atoms. The number of carbonyl (C=O) groups is 1. The molecule has 0 bridgehead atoms. The number of anilines is 4. The summed E-state index contributed by atoms with van der Waals surface area (Å²) in [5, 5.41) is 7.51. The quantitative estimate of drug-likeness (QED) is 0.276. The maximum Gasteiger partial charge on any atom is 0.247 e. The molecule has 1 fully saturated rings. The van der Waals surface area contributed by atoms with Gasteiger partial charge in [0.2, 0.25) is 11.9 Å². The highest BCUT2D eigenvalue weighted by atomic mass is 35.5. The monoisotopic (exact) mass is 530 g/mol. The van der Waals surface area contributed by atoms with E-state index in [9.17, 15) is 9.18 Å². The number of piperazine rings is 1. The number of alkyl halides is 1. The number of carbonyl (C=O) groups excluding carboxylic acids is 1. The zero-order valence-corrected chi connectivity index (χ0v) is 21.6. The number of hydrogen-bond donors (Lipinski definition) is 2. The Kier molecular flexibility index (Phi) is 7.81. The van der Waals surface area contributed by atoms with Crippen LogP contribution in [0.5, 0.6) is 0 Å². The van der Waals surface area contributed by atoms with Crippen LogP contribution in [0.4, 0.5) is 27.4 Å². The van der Waals surface area contributed by atoms with Crippen LogP contribution in [0.1, 0.15) is 0 Å². The molecule has 0 radical (unpaired) electrons. The van der Waals surface area contributed by atoms with Gasteiger partial charge in [0.15, 0.2) is 0 Å². The normalized spacial score (nSPS) is 13.9. The Morgan fingerprint density at radius 3 is 2.66 bits per heavy atom. The van der Waals surface area contributed by atoms with E-state index in [1.807, 2.05) is 60.7 Å². The maximum atomic E-state index is 12.6. The lowest BCUT2D eigenvalue weighted by Gasteiger charge is -2.35. The molecule has 1 amide bonds. The third-order valence-corrected chi connectivity index (χ3v) is 6.89. The second-order valence-corrected chi connectivity index (χ2v) is 9.43. The lowest BCUT2D eigenvalue weighted by Crippen LogP contribution is -2.47. The van der Waals surface area contributed by atoms with Crippen molar-refractivity contribution in [2.75, 3.05) is 54.9 Å². The van der Waals surface area contributed by atoms with Crippen molar-refractivity contribution in [2.45, 2.75) is 0 Å². The number of rotatable bonds is 8. The molecule has 38 heavy (non-hydrogen) atoms. The van der Waals surface area contributed by atoms with Gasteiger partial charge >= 0.3 is 0 Å². The minimum atomic E-state index is -0.315. The van der Waals surface area contributed by atoms with Gasteiger partial charge in [-0.3, -0.25) is 9.69 Å². The molecule has 2 heterocycles. The van der Waals surface area contributed by atoms with Crippen molar-refractivity contribution >= 4 is 51.4 Å². The number of nitrogens with one attached hydrogen (secondary N) is 2. The molecule has 3 aromatic carbocycles. The SMILES string of the molecule is C=CC(=O)Nc1cccc(-c2cccc3cnc(Nc4ccc(N5CCN(CCF)CC5)cc4Cl)nc23)c1. The summed E-state index contributed by atoms with van der Waals surface area (Å²) < 4.78 is 12.6. The van der Waals surface area contributed by atoms with Gasteiger partial charge < -0.3 is 15.5 Å². The summed E-state index contributed by atoms with van der Waals surface area (Å²) in [5.74, 6) is 0.159. The summed E-state index contributed by atoms with van der Waals surface area (Å²) in [6.07, 6.45) is 3.01. The molecule has 0 atom stereocenters. The molecule has 0 unspecified atom stereocenters. The lowest BCUT2D eigenvalue weighted by molar-refractivity contribution is -0.111. The Hall–Kier alpha value is -4.01. The topological polar surface area (TPSA) is 73.4 Å². The number of benzene rings is 3. The molecular weight excluding hydrogens is 503 g/mol. The first-order valence-corrected chi connectivity index (χ1v) is 12.8. The summed E-state index contributed by atoms with van der Waals surface area (Å²) in [5.41, 5.74) is 5.01. The van der Waals surface area contributed by atoms with Crippen molar-refractivity contribution in [1.29, 1.82) is 0 Å². The highest BCUT2D eigenvalue weighted by Gasteiger charge is 2.18. The third kappa shape index (κ3) is 5.77. The van der Waals surface area contributed by atoms with Crippen LogP contribution in [0.25, 0.3) is 22.0 Å². The number of nitrogens with zero attached hydrogens (tertiary/aromatic N) is 4. The minimum absolute atomic E-state index is 0.268. The first-order chi connectivity index (χ1) is 18.5. The van der Waals surface area contributed by atoms with Gasteiger partial charge in [-0.15, -0.1) is 0 Å². The molecule has 2 N–H and O–H groups in total. The Labute approximate surface area is 226 Å². The largest absolute Gasteiger partial charge is 0.369 e. The van der Waals surface area contributed by atoms with E-state index >= 15 is 0 Å². The van der Waals surface area contributed by atoms with E-state index in [1.165, 1.54) is 6.08 Å². The summed E-state index contributed by atoms with van der Waals surface area (Å²) >= 11 is 6.65. The second-order valence-electron chi connectivity index (χ2n) is 9.02. The molecule has 7 nitrogen and oxygen atoms in total. The molecule has 1 aromatic heterocycles. The highest BCUT2D eigenvalue weighted by Crippen LogP contribution is 2.32. The zero-order valence-electron chi connectivity index (χ0n) is 20.8. The molecule has 0 saturated carbocycles. The standard InChI is InChI=1S/C29H28ClFN6O/c1-2-27(38)33-22-7-3-5-20(17-22)24-8-4-6-21-19-32-29(35-28(21)24)34-26-10-9-23(18-25(26)30)37-15-13-36(12-11-31)14-16-37/h2-10,17-19H,1,11-16H2,(H,33,38)(H,32,34,35). The van der Waals surface area contributed by atoms with Crippen molar-refractivity contribution < 1.29 is 9.18 Å². The van der Waals surface area contributed by atoms with Gasteiger partial charge in [0.25, 0.3) is 0 Å². The minimum Gasteiger partial charge on any atom is -0.369 e. The summed E-state index contributed by atoms with van der Waals surface area (Å²) in [6, 6.07) is 19.4. The fourth-order valence-corrected chi connectivity index (χ4v) is 4.80. The summed E-state index contributed by atoms with van der Waals surface area (Å²) in [6.45, 7) is 7.01. The number of amides is 1. The van der Waals surface area contributed by atoms with Crippen molar-refractivity contribution in [3.05, 3.63) is 84.5 Å². The molecule has 1 saturated heterocycles. The fourth-order valence-electron chi connectivity index (χ4n) is 4.58. The van der Waals surface area contributed by atoms with E-state index in [-0.39, 0.29) is 12.6 Å². The second kappa shape index (κ2) is 11.6. The van der Waals surface area contributed by atoms with Crippen LogP contribution < -0.4 is 15.5 Å². The molecule has 4 aromatic rings.